The molecule has 0 saturated heterocycles. The van der Waals surface area contributed by atoms with Crippen molar-refractivity contribution in [2.75, 3.05) is 17.7 Å². The summed E-state index contributed by atoms with van der Waals surface area (Å²) in [5.74, 6) is -4.65. The lowest BCUT2D eigenvalue weighted by molar-refractivity contribution is -0.134. The summed E-state index contributed by atoms with van der Waals surface area (Å²) in [5, 5.41) is 6.43. The van der Waals surface area contributed by atoms with Crippen molar-refractivity contribution in [3.05, 3.63) is 64.2 Å². The van der Waals surface area contributed by atoms with Crippen molar-refractivity contribution in [2.45, 2.75) is 6.92 Å². The van der Waals surface area contributed by atoms with Crippen molar-refractivity contribution in [3.8, 4) is 0 Å². The number of nitrogens with one attached hydrogen (secondary N) is 3. The van der Waals surface area contributed by atoms with Crippen LogP contribution in [0.2, 0.25) is 5.02 Å². The van der Waals surface area contributed by atoms with Gasteiger partial charge >= 0.3 is 12.0 Å². The van der Waals surface area contributed by atoms with Crippen molar-refractivity contribution >= 4 is 52.9 Å². The summed E-state index contributed by atoms with van der Waals surface area (Å²) in [6.07, 6.45) is 2.44. The van der Waals surface area contributed by atoms with Gasteiger partial charge < -0.3 is 15.4 Å². The molecule has 162 valence electrons. The zero-order valence-electron chi connectivity index (χ0n) is 16.2. The molecule has 0 atom stereocenters. The first kappa shape index (κ1) is 23.5. The van der Waals surface area contributed by atoms with E-state index in [1.54, 1.807) is 0 Å². The lowest BCUT2D eigenvalue weighted by Gasteiger charge is -2.12. The number of hydrogen-bond acceptors (Lipinski definition) is 5. The van der Waals surface area contributed by atoms with Crippen LogP contribution in [0.5, 0.6) is 0 Å². The van der Waals surface area contributed by atoms with Crippen LogP contribution >= 0.6 is 11.6 Å². The summed E-state index contributed by atoms with van der Waals surface area (Å²) in [6, 6.07) is 4.53. The maximum atomic E-state index is 13.4. The monoisotopic (exact) mass is 451 g/mol. The van der Waals surface area contributed by atoms with Gasteiger partial charge in [-0.1, -0.05) is 17.7 Å². The molecule has 0 saturated carbocycles. The molecule has 0 fully saturated rings. The molecule has 0 aliphatic rings. The molecule has 3 N–H and O–H groups in total. The zero-order valence-corrected chi connectivity index (χ0v) is 17.0. The lowest BCUT2D eigenvalue weighted by Crippen LogP contribution is -2.34. The number of benzene rings is 2. The molecule has 0 aliphatic carbocycles. The molecule has 11 heteroatoms. The Morgan fingerprint density at radius 3 is 2.35 bits per heavy atom. The number of carbonyl (C=O) groups is 4. The number of amides is 4. The highest BCUT2D eigenvalue weighted by Gasteiger charge is 2.18. The summed E-state index contributed by atoms with van der Waals surface area (Å²) in [7, 11) is 1.19. The van der Waals surface area contributed by atoms with Gasteiger partial charge in [-0.05, 0) is 35.9 Å². The van der Waals surface area contributed by atoms with Crippen LogP contribution in [-0.2, 0) is 14.3 Å². The normalized spacial score (nSPS) is 10.5. The number of hydrogen-bond donors (Lipinski definition) is 3. The molecular weight excluding hydrogens is 436 g/mol. The fourth-order valence-corrected chi connectivity index (χ4v) is 2.57. The molecule has 0 aromatic heterocycles. The topological polar surface area (TPSA) is 114 Å². The number of rotatable bonds is 5. The SMILES string of the molecule is COC(=O)C=Cc1ccc(NC(C)=O)cc1NC(=O)NC(=O)c1cc(F)c(F)cc1Cl. The first-order valence-electron chi connectivity index (χ1n) is 8.55. The molecule has 0 bridgehead atoms. The Bertz CT molecular complexity index is 1090. The zero-order chi connectivity index (χ0) is 23.1. The van der Waals surface area contributed by atoms with Gasteiger partial charge in [-0.15, -0.1) is 0 Å². The van der Waals surface area contributed by atoms with Gasteiger partial charge in [0.1, 0.15) is 0 Å². The Balaban J connectivity index is 2.26. The smallest absolute Gasteiger partial charge is 0.330 e. The van der Waals surface area contributed by atoms with E-state index in [1.165, 1.54) is 38.3 Å². The molecule has 2 rings (SSSR count). The van der Waals surface area contributed by atoms with Crippen LogP contribution < -0.4 is 16.0 Å². The summed E-state index contributed by atoms with van der Waals surface area (Å²) < 4.78 is 31.1. The van der Waals surface area contributed by atoms with E-state index in [4.69, 9.17) is 11.6 Å². The van der Waals surface area contributed by atoms with Crippen molar-refractivity contribution in [3.63, 3.8) is 0 Å². The van der Waals surface area contributed by atoms with Gasteiger partial charge in [-0.2, -0.15) is 0 Å². The number of carbonyl (C=O) groups excluding carboxylic acids is 4. The second kappa shape index (κ2) is 10.3. The first-order valence-corrected chi connectivity index (χ1v) is 8.93. The van der Waals surface area contributed by atoms with Gasteiger partial charge in [0, 0.05) is 18.7 Å². The van der Waals surface area contributed by atoms with Crippen LogP contribution in [0.15, 0.2) is 36.4 Å². The molecule has 31 heavy (non-hydrogen) atoms. The third-order valence-electron chi connectivity index (χ3n) is 3.70. The standard InChI is InChI=1S/C20H16ClF2N3O5/c1-10(27)24-12-5-3-11(4-6-18(28)31-2)17(7-12)25-20(30)26-19(29)13-8-15(22)16(23)9-14(13)21/h3-9H,1-2H3,(H,24,27)(H2,25,26,29,30). The maximum absolute atomic E-state index is 13.4. The van der Waals surface area contributed by atoms with E-state index < -0.39 is 40.1 Å². The Morgan fingerprint density at radius 1 is 1.03 bits per heavy atom. The van der Waals surface area contributed by atoms with E-state index in [0.717, 1.165) is 6.08 Å². The molecule has 8 nitrogen and oxygen atoms in total. The highest BCUT2D eigenvalue weighted by Crippen LogP contribution is 2.23. The summed E-state index contributed by atoms with van der Waals surface area (Å²) in [6.45, 7) is 1.29. The van der Waals surface area contributed by atoms with E-state index >= 15 is 0 Å². The lowest BCUT2D eigenvalue weighted by atomic mass is 10.1. The van der Waals surface area contributed by atoms with Crippen LogP contribution in [0.25, 0.3) is 6.08 Å². The van der Waals surface area contributed by atoms with Crippen LogP contribution in [0, 0.1) is 11.6 Å². The summed E-state index contributed by atoms with van der Waals surface area (Å²) >= 11 is 5.73. The Kier molecular flexibility index (Phi) is 7.81. The van der Waals surface area contributed by atoms with Crippen LogP contribution in [0.4, 0.5) is 25.0 Å². The molecule has 0 aliphatic heterocycles. The molecule has 0 radical (unpaired) electrons. The molecule has 0 unspecified atom stereocenters. The Hall–Kier alpha value is -3.79. The highest BCUT2D eigenvalue weighted by atomic mass is 35.5. The number of anilines is 2. The van der Waals surface area contributed by atoms with Crippen LogP contribution in [-0.4, -0.2) is 30.9 Å². The highest BCUT2D eigenvalue weighted by molar-refractivity contribution is 6.34. The van der Waals surface area contributed by atoms with Crippen molar-refractivity contribution in [2.24, 2.45) is 0 Å². The Morgan fingerprint density at radius 2 is 1.71 bits per heavy atom. The van der Waals surface area contributed by atoms with E-state index in [0.29, 0.717) is 23.4 Å². The van der Waals surface area contributed by atoms with E-state index in [-0.39, 0.29) is 11.6 Å². The quantitative estimate of drug-likeness (QED) is 0.364. The van der Waals surface area contributed by atoms with E-state index in [1.807, 2.05) is 5.32 Å². The first-order chi connectivity index (χ1) is 14.6. The molecule has 2 aromatic carbocycles. The third kappa shape index (κ3) is 6.61. The van der Waals surface area contributed by atoms with Gasteiger partial charge in [0.2, 0.25) is 5.91 Å². The molecule has 0 heterocycles. The maximum Gasteiger partial charge on any atom is 0.330 e. The predicted octanol–water partition coefficient (Wildman–Crippen LogP) is 3.72. The van der Waals surface area contributed by atoms with Gasteiger partial charge in [0.05, 0.1) is 23.4 Å². The number of halogens is 3. The van der Waals surface area contributed by atoms with Crippen molar-refractivity contribution in [1.29, 1.82) is 0 Å². The summed E-state index contributed by atoms with van der Waals surface area (Å²) in [5.41, 5.74) is 0.336. The molecule has 4 amide bonds. The number of imide groups is 1. The fraction of sp³-hybridized carbons (Fsp3) is 0.100. The van der Waals surface area contributed by atoms with Crippen LogP contribution in [0.3, 0.4) is 0 Å². The average molecular weight is 452 g/mol. The minimum absolute atomic E-state index is 0.119. The largest absolute Gasteiger partial charge is 0.466 e. The second-order valence-electron chi connectivity index (χ2n) is 5.99. The number of urea groups is 1. The number of methoxy groups -OCH3 is 1. The van der Waals surface area contributed by atoms with Gasteiger partial charge in [0.15, 0.2) is 11.6 Å². The number of esters is 1. The van der Waals surface area contributed by atoms with Crippen molar-refractivity contribution in [1.82, 2.24) is 5.32 Å². The third-order valence-corrected chi connectivity index (χ3v) is 4.02. The molecule has 0 spiro atoms. The van der Waals surface area contributed by atoms with E-state index in [9.17, 15) is 28.0 Å². The van der Waals surface area contributed by atoms with Crippen molar-refractivity contribution < 1.29 is 32.7 Å². The predicted molar refractivity (Wildman–Crippen MR) is 110 cm³/mol. The number of ether oxygens (including phenoxy) is 1. The Labute approximate surface area is 180 Å². The average Bonchev–Trinajstić information content (AvgIpc) is 2.69. The fourth-order valence-electron chi connectivity index (χ4n) is 2.34. The van der Waals surface area contributed by atoms with E-state index in [2.05, 4.69) is 15.4 Å². The van der Waals surface area contributed by atoms with Gasteiger partial charge in [-0.25, -0.2) is 18.4 Å². The molecular formula is C20H16ClF2N3O5. The summed E-state index contributed by atoms with van der Waals surface area (Å²) in [4.78, 5) is 47.1. The molecule has 2 aromatic rings. The minimum atomic E-state index is -1.31. The van der Waals surface area contributed by atoms with Crippen LogP contribution in [0.1, 0.15) is 22.8 Å². The van der Waals surface area contributed by atoms with Gasteiger partial charge in [0.25, 0.3) is 5.91 Å². The van der Waals surface area contributed by atoms with Gasteiger partial charge in [-0.3, -0.25) is 14.9 Å². The second-order valence-corrected chi connectivity index (χ2v) is 6.40. The minimum Gasteiger partial charge on any atom is -0.466 e.